The molecule has 0 aliphatic rings. The third-order valence-corrected chi connectivity index (χ3v) is 3.21. The predicted molar refractivity (Wildman–Crippen MR) is 75.4 cm³/mol. The first-order valence-corrected chi connectivity index (χ1v) is 5.98. The monoisotopic (exact) mass is 252 g/mol. The molecule has 0 radical (unpaired) electrons. The van der Waals surface area contributed by atoms with Crippen molar-refractivity contribution in [1.82, 2.24) is 9.97 Å². The summed E-state index contributed by atoms with van der Waals surface area (Å²) < 4.78 is 0. The van der Waals surface area contributed by atoms with E-state index in [0.717, 1.165) is 16.7 Å². The lowest BCUT2D eigenvalue weighted by Crippen LogP contribution is -2.22. The van der Waals surface area contributed by atoms with Gasteiger partial charge in [0.1, 0.15) is 0 Å². The lowest BCUT2D eigenvalue weighted by atomic mass is 9.98. The van der Waals surface area contributed by atoms with Crippen LogP contribution < -0.4 is 11.2 Å². The highest BCUT2D eigenvalue weighted by Gasteiger charge is 2.08. The largest absolute Gasteiger partial charge is 0.326 e. The van der Waals surface area contributed by atoms with E-state index in [1.54, 1.807) is 6.07 Å². The van der Waals surface area contributed by atoms with E-state index < -0.39 is 5.69 Å². The molecule has 2 aromatic carbocycles. The third kappa shape index (κ3) is 1.87. The maximum atomic E-state index is 11.8. The van der Waals surface area contributed by atoms with Gasteiger partial charge >= 0.3 is 5.69 Å². The lowest BCUT2D eigenvalue weighted by molar-refractivity contribution is 1.08. The van der Waals surface area contributed by atoms with Crippen LogP contribution >= 0.6 is 0 Å². The molecule has 0 unspecified atom stereocenters. The number of hydrogen-bond donors (Lipinski definition) is 2. The maximum Gasteiger partial charge on any atom is 0.326 e. The van der Waals surface area contributed by atoms with Crippen molar-refractivity contribution in [2.24, 2.45) is 0 Å². The topological polar surface area (TPSA) is 65.7 Å². The fourth-order valence-corrected chi connectivity index (χ4v) is 2.29. The maximum absolute atomic E-state index is 11.8. The number of fused-ring (bicyclic) bond motifs is 1. The van der Waals surface area contributed by atoms with Crippen LogP contribution in [0.4, 0.5) is 0 Å². The van der Waals surface area contributed by atoms with Crippen molar-refractivity contribution in [3.05, 3.63) is 68.9 Å². The molecule has 3 aromatic rings. The van der Waals surface area contributed by atoms with Crippen molar-refractivity contribution in [3.63, 3.8) is 0 Å². The highest BCUT2D eigenvalue weighted by Crippen LogP contribution is 2.27. The first-order valence-electron chi connectivity index (χ1n) is 5.98. The second-order valence-electron chi connectivity index (χ2n) is 4.45. The molecule has 2 N–H and O–H groups in total. The Morgan fingerprint density at radius 2 is 1.58 bits per heavy atom. The van der Waals surface area contributed by atoms with Crippen molar-refractivity contribution in [1.29, 1.82) is 0 Å². The fraction of sp³-hybridized carbons (Fsp3) is 0.0667. The van der Waals surface area contributed by atoms with Gasteiger partial charge in [0.2, 0.25) is 0 Å². The summed E-state index contributed by atoms with van der Waals surface area (Å²) in [7, 11) is 0. The Balaban J connectivity index is 2.47. The molecular formula is C15H12N2O2. The second kappa shape index (κ2) is 4.24. The summed E-state index contributed by atoms with van der Waals surface area (Å²) in [5.74, 6) is 0. The zero-order valence-electron chi connectivity index (χ0n) is 10.4. The summed E-state index contributed by atoms with van der Waals surface area (Å²) in [6.07, 6.45) is 0. The van der Waals surface area contributed by atoms with Crippen molar-refractivity contribution >= 4 is 10.9 Å². The van der Waals surface area contributed by atoms with Gasteiger partial charge in [0.25, 0.3) is 5.56 Å². The van der Waals surface area contributed by atoms with Crippen LogP contribution in [0, 0.1) is 6.92 Å². The molecule has 0 amide bonds. The molecular weight excluding hydrogens is 240 g/mol. The van der Waals surface area contributed by atoms with Crippen LogP contribution in [0.1, 0.15) is 5.56 Å². The minimum atomic E-state index is -0.487. The molecule has 0 atom stereocenters. The van der Waals surface area contributed by atoms with Gasteiger partial charge in [-0.15, -0.1) is 0 Å². The van der Waals surface area contributed by atoms with Crippen LogP contribution in [0.15, 0.2) is 52.1 Å². The van der Waals surface area contributed by atoms with Gasteiger partial charge in [-0.05, 0) is 24.1 Å². The molecule has 4 nitrogen and oxygen atoms in total. The van der Waals surface area contributed by atoms with Crippen LogP contribution in [-0.2, 0) is 0 Å². The highest BCUT2D eigenvalue weighted by atomic mass is 16.2. The summed E-state index contributed by atoms with van der Waals surface area (Å²) in [5, 5.41) is 0.486. The minimum Gasteiger partial charge on any atom is -0.306 e. The standard InChI is InChI=1S/C15H12N2O2/c1-9-5-2-3-6-10(9)11-7-4-8-12-13(11)16-15(19)17-14(12)18/h2-8H,1H3,(H2,16,17,18,19). The quantitative estimate of drug-likeness (QED) is 0.697. The minimum absolute atomic E-state index is 0.366. The molecule has 0 aliphatic carbocycles. The molecule has 0 saturated carbocycles. The summed E-state index contributed by atoms with van der Waals surface area (Å²) in [5.41, 5.74) is 2.68. The molecule has 0 spiro atoms. The predicted octanol–water partition coefficient (Wildman–Crippen LogP) is 2.19. The second-order valence-corrected chi connectivity index (χ2v) is 4.45. The van der Waals surface area contributed by atoms with Crippen LogP contribution in [0.25, 0.3) is 22.0 Å². The Labute approximate surface area is 108 Å². The van der Waals surface area contributed by atoms with Crippen molar-refractivity contribution in [2.75, 3.05) is 0 Å². The van der Waals surface area contributed by atoms with Crippen molar-refractivity contribution < 1.29 is 0 Å². The Bertz CT molecular complexity index is 875. The number of hydrogen-bond acceptors (Lipinski definition) is 2. The van der Waals surface area contributed by atoms with Crippen LogP contribution in [-0.4, -0.2) is 9.97 Å². The van der Waals surface area contributed by atoms with E-state index in [-0.39, 0.29) is 5.56 Å². The van der Waals surface area contributed by atoms with Crippen LogP contribution in [0.5, 0.6) is 0 Å². The SMILES string of the molecule is Cc1ccccc1-c1cccc2c(=O)[nH]c(=O)[nH]c12. The number of rotatable bonds is 1. The van der Waals surface area contributed by atoms with Crippen LogP contribution in [0.3, 0.4) is 0 Å². The van der Waals surface area contributed by atoms with E-state index in [1.807, 2.05) is 43.3 Å². The number of benzene rings is 2. The number of aromatic amines is 2. The van der Waals surface area contributed by atoms with E-state index in [4.69, 9.17) is 0 Å². The molecule has 19 heavy (non-hydrogen) atoms. The van der Waals surface area contributed by atoms with E-state index in [1.165, 1.54) is 0 Å². The molecule has 0 aliphatic heterocycles. The first-order chi connectivity index (χ1) is 9.16. The van der Waals surface area contributed by atoms with Gasteiger partial charge in [0.15, 0.2) is 0 Å². The molecule has 1 heterocycles. The Hall–Kier alpha value is -2.62. The van der Waals surface area contributed by atoms with Gasteiger partial charge < -0.3 is 4.98 Å². The number of para-hydroxylation sites is 1. The van der Waals surface area contributed by atoms with E-state index >= 15 is 0 Å². The van der Waals surface area contributed by atoms with Crippen molar-refractivity contribution in [2.45, 2.75) is 6.92 Å². The van der Waals surface area contributed by atoms with Gasteiger partial charge in [0.05, 0.1) is 10.9 Å². The summed E-state index contributed by atoms with van der Waals surface area (Å²) in [4.78, 5) is 28.2. The lowest BCUT2D eigenvalue weighted by Gasteiger charge is -2.08. The summed E-state index contributed by atoms with van der Waals surface area (Å²) in [6, 6.07) is 13.3. The molecule has 94 valence electrons. The molecule has 0 saturated heterocycles. The normalized spacial score (nSPS) is 10.8. The molecule has 3 rings (SSSR count). The average Bonchev–Trinajstić information content (AvgIpc) is 2.39. The zero-order chi connectivity index (χ0) is 13.4. The number of H-pyrrole nitrogens is 2. The molecule has 0 fully saturated rings. The number of nitrogens with one attached hydrogen (secondary N) is 2. The summed E-state index contributed by atoms with van der Waals surface area (Å²) in [6.45, 7) is 2.00. The van der Waals surface area contributed by atoms with Gasteiger partial charge in [-0.2, -0.15) is 0 Å². The average molecular weight is 252 g/mol. The molecule has 1 aromatic heterocycles. The van der Waals surface area contributed by atoms with Gasteiger partial charge in [-0.25, -0.2) is 4.79 Å². The van der Waals surface area contributed by atoms with E-state index in [0.29, 0.717) is 10.9 Å². The van der Waals surface area contributed by atoms with Crippen LogP contribution in [0.2, 0.25) is 0 Å². The van der Waals surface area contributed by atoms with Gasteiger partial charge in [-0.1, -0.05) is 36.4 Å². The fourth-order valence-electron chi connectivity index (χ4n) is 2.29. The van der Waals surface area contributed by atoms with E-state index in [2.05, 4.69) is 9.97 Å². The molecule has 4 heteroatoms. The number of aryl methyl sites for hydroxylation is 1. The van der Waals surface area contributed by atoms with Gasteiger partial charge in [-0.3, -0.25) is 9.78 Å². The van der Waals surface area contributed by atoms with Crippen molar-refractivity contribution in [3.8, 4) is 11.1 Å². The Morgan fingerprint density at radius 3 is 2.37 bits per heavy atom. The zero-order valence-corrected chi connectivity index (χ0v) is 10.4. The Morgan fingerprint density at radius 1 is 0.842 bits per heavy atom. The number of aromatic nitrogens is 2. The first kappa shape index (κ1) is 11.5. The smallest absolute Gasteiger partial charge is 0.306 e. The summed E-state index contributed by atoms with van der Waals surface area (Å²) >= 11 is 0. The third-order valence-electron chi connectivity index (χ3n) is 3.21. The van der Waals surface area contributed by atoms with Gasteiger partial charge in [0, 0.05) is 5.56 Å². The Kier molecular flexibility index (Phi) is 2.56. The highest BCUT2D eigenvalue weighted by molar-refractivity contribution is 5.93. The molecule has 0 bridgehead atoms. The van der Waals surface area contributed by atoms with E-state index in [9.17, 15) is 9.59 Å².